The maximum Gasteiger partial charge on any atom is 0.254 e. The summed E-state index contributed by atoms with van der Waals surface area (Å²) in [5.74, 6) is -0.527. The van der Waals surface area contributed by atoms with Crippen LogP contribution in [0.15, 0.2) is 53.7 Å². The normalized spacial score (nSPS) is 25.8. The highest BCUT2D eigenvalue weighted by Gasteiger charge is 2.59. The smallest absolute Gasteiger partial charge is 0.254 e. The predicted octanol–water partition coefficient (Wildman–Crippen LogP) is 4.21. The monoisotopic (exact) mass is 454 g/mol. The fourth-order valence-electron chi connectivity index (χ4n) is 4.86. The second kappa shape index (κ2) is 8.06. The quantitative estimate of drug-likeness (QED) is 0.372. The molecule has 1 saturated carbocycles. The number of hydrogen-bond acceptors (Lipinski definition) is 5. The lowest BCUT2D eigenvalue weighted by atomic mass is 9.85. The number of hydrogen-bond donors (Lipinski definition) is 0. The van der Waals surface area contributed by atoms with E-state index >= 15 is 0 Å². The number of benzene rings is 2. The Hall–Kier alpha value is -3.19. The third-order valence-corrected chi connectivity index (χ3v) is 6.57. The average Bonchev–Trinajstić information content (AvgIpc) is 3.45. The third-order valence-electron chi connectivity index (χ3n) is 6.29. The molecule has 0 unspecified atom stereocenters. The van der Waals surface area contributed by atoms with Crippen molar-refractivity contribution in [2.45, 2.75) is 13.0 Å². The molecule has 0 spiro atoms. The molecule has 2 bridgehead atoms. The molecule has 8 heteroatoms. The van der Waals surface area contributed by atoms with Crippen LogP contribution in [0.1, 0.15) is 17.5 Å². The van der Waals surface area contributed by atoms with Crippen molar-refractivity contribution in [2.75, 3.05) is 7.11 Å². The van der Waals surface area contributed by atoms with Gasteiger partial charge in [-0.25, -0.2) is 4.39 Å². The van der Waals surface area contributed by atoms with Gasteiger partial charge < -0.3 is 9.47 Å². The summed E-state index contributed by atoms with van der Waals surface area (Å²) in [6.45, 7) is 0.108. The zero-order valence-corrected chi connectivity index (χ0v) is 18.0. The number of halogens is 2. The Morgan fingerprint density at radius 3 is 2.53 bits per heavy atom. The van der Waals surface area contributed by atoms with Crippen molar-refractivity contribution in [2.24, 2.45) is 28.8 Å². The first-order chi connectivity index (χ1) is 15.5. The lowest BCUT2D eigenvalue weighted by molar-refractivity contribution is -0.140. The van der Waals surface area contributed by atoms with E-state index in [1.165, 1.54) is 25.5 Å². The van der Waals surface area contributed by atoms with Gasteiger partial charge in [0.05, 0.1) is 30.2 Å². The van der Waals surface area contributed by atoms with Gasteiger partial charge in [-0.1, -0.05) is 35.9 Å². The largest absolute Gasteiger partial charge is 0.493 e. The van der Waals surface area contributed by atoms with Gasteiger partial charge >= 0.3 is 0 Å². The first kappa shape index (κ1) is 20.7. The van der Waals surface area contributed by atoms with Crippen LogP contribution in [0, 0.1) is 29.5 Å². The number of rotatable bonds is 6. The SMILES string of the molecule is COc1cc(C=NN2C(=O)[C@@H]3[C@H](C2=O)[C@H]2C=C[C@H]3C2)cc(Cl)c1OCc1cccc(F)c1. The molecule has 2 aromatic carbocycles. The van der Waals surface area contributed by atoms with Gasteiger partial charge in [0, 0.05) is 0 Å². The Kier molecular flexibility index (Phi) is 5.21. The van der Waals surface area contributed by atoms with E-state index in [0.29, 0.717) is 22.6 Å². The van der Waals surface area contributed by atoms with Crippen molar-refractivity contribution in [3.63, 3.8) is 0 Å². The molecular weight excluding hydrogens is 435 g/mol. The van der Waals surface area contributed by atoms with E-state index in [1.807, 2.05) is 12.2 Å². The first-order valence-electron chi connectivity index (χ1n) is 10.3. The third kappa shape index (κ3) is 3.46. The number of nitrogens with zero attached hydrogens (tertiary/aromatic N) is 2. The number of allylic oxidation sites excluding steroid dienone is 2. The number of fused-ring (bicyclic) bond motifs is 5. The molecule has 6 nitrogen and oxygen atoms in total. The van der Waals surface area contributed by atoms with Crippen LogP contribution in [0.25, 0.3) is 0 Å². The minimum Gasteiger partial charge on any atom is -0.493 e. The van der Waals surface area contributed by atoms with Crippen LogP contribution in [-0.4, -0.2) is 30.1 Å². The van der Waals surface area contributed by atoms with E-state index in [4.69, 9.17) is 21.1 Å². The Balaban J connectivity index is 1.33. The molecule has 0 N–H and O–H groups in total. The Bertz CT molecular complexity index is 1130. The van der Waals surface area contributed by atoms with Gasteiger partial charge in [-0.3, -0.25) is 9.59 Å². The van der Waals surface area contributed by atoms with Crippen molar-refractivity contribution in [3.05, 3.63) is 70.5 Å². The average molecular weight is 455 g/mol. The number of hydrazone groups is 1. The molecule has 2 aliphatic carbocycles. The van der Waals surface area contributed by atoms with Gasteiger partial charge in [-0.05, 0) is 53.6 Å². The summed E-state index contributed by atoms with van der Waals surface area (Å²) in [4.78, 5) is 25.5. The molecule has 164 valence electrons. The maximum absolute atomic E-state index is 13.4. The van der Waals surface area contributed by atoms with Gasteiger partial charge in [0.2, 0.25) is 0 Å². The molecule has 3 aliphatic rings. The molecule has 1 heterocycles. The van der Waals surface area contributed by atoms with Crippen molar-refractivity contribution in [1.82, 2.24) is 5.01 Å². The number of imide groups is 1. The standard InChI is InChI=1S/C24H20ClFN2O4/c1-31-19-9-14(8-18(25)22(19)32-12-13-3-2-4-17(26)7-13)11-27-28-23(29)20-15-5-6-16(10-15)21(20)24(28)30/h2-9,11,15-16,20-21H,10,12H2,1H3/t15-,16-,20-,21+/m0/s1. The Morgan fingerprint density at radius 2 is 1.88 bits per heavy atom. The van der Waals surface area contributed by atoms with Gasteiger partial charge in [0.15, 0.2) is 11.5 Å². The highest BCUT2D eigenvalue weighted by atomic mass is 35.5. The van der Waals surface area contributed by atoms with Crippen molar-refractivity contribution in [1.29, 1.82) is 0 Å². The molecule has 0 aromatic heterocycles. The van der Waals surface area contributed by atoms with Gasteiger partial charge in [-0.2, -0.15) is 10.1 Å². The minimum atomic E-state index is -0.352. The molecule has 5 rings (SSSR count). The minimum absolute atomic E-state index is 0.108. The van der Waals surface area contributed by atoms with Gasteiger partial charge in [0.1, 0.15) is 12.4 Å². The molecule has 0 radical (unpaired) electrons. The Labute approximate surface area is 189 Å². The van der Waals surface area contributed by atoms with Gasteiger partial charge in [-0.15, -0.1) is 0 Å². The first-order valence-corrected chi connectivity index (χ1v) is 10.7. The van der Waals surface area contributed by atoms with Crippen LogP contribution in [0.5, 0.6) is 11.5 Å². The van der Waals surface area contributed by atoms with Gasteiger partial charge in [0.25, 0.3) is 11.8 Å². The molecule has 1 aliphatic heterocycles. The molecule has 2 aromatic rings. The zero-order chi connectivity index (χ0) is 22.4. The van der Waals surface area contributed by atoms with E-state index in [1.54, 1.807) is 24.3 Å². The molecule has 2 amide bonds. The number of amides is 2. The van der Waals surface area contributed by atoms with E-state index in [2.05, 4.69) is 5.10 Å². The summed E-state index contributed by atoms with van der Waals surface area (Å²) < 4.78 is 24.5. The van der Waals surface area contributed by atoms with Crippen molar-refractivity contribution >= 4 is 29.6 Å². The van der Waals surface area contributed by atoms with Crippen molar-refractivity contribution < 1.29 is 23.5 Å². The van der Waals surface area contributed by atoms with Crippen LogP contribution in [0.4, 0.5) is 4.39 Å². The maximum atomic E-state index is 13.4. The lowest BCUT2D eigenvalue weighted by Crippen LogP contribution is -2.28. The summed E-state index contributed by atoms with van der Waals surface area (Å²) in [7, 11) is 1.47. The number of methoxy groups -OCH3 is 1. The van der Waals surface area contributed by atoms with Crippen LogP contribution in [-0.2, 0) is 16.2 Å². The van der Waals surface area contributed by atoms with Crippen LogP contribution in [0.2, 0.25) is 5.02 Å². The fraction of sp³-hybridized carbons (Fsp3) is 0.292. The summed E-state index contributed by atoms with van der Waals surface area (Å²) in [6.07, 6.45) is 6.36. The molecule has 2 fully saturated rings. The summed E-state index contributed by atoms with van der Waals surface area (Å²) >= 11 is 6.39. The number of carbonyl (C=O) groups is 2. The predicted molar refractivity (Wildman–Crippen MR) is 116 cm³/mol. The molecule has 4 atom stereocenters. The molecule has 32 heavy (non-hydrogen) atoms. The molecule has 1 saturated heterocycles. The summed E-state index contributed by atoms with van der Waals surface area (Å²) in [6, 6.07) is 9.33. The highest BCUT2D eigenvalue weighted by Crippen LogP contribution is 2.52. The molecular formula is C24H20ClFN2O4. The van der Waals surface area contributed by atoms with Crippen LogP contribution in [0.3, 0.4) is 0 Å². The topological polar surface area (TPSA) is 68.2 Å². The van der Waals surface area contributed by atoms with E-state index in [9.17, 15) is 14.0 Å². The summed E-state index contributed by atoms with van der Waals surface area (Å²) in [5.41, 5.74) is 1.19. The number of ether oxygens (including phenoxy) is 2. The summed E-state index contributed by atoms with van der Waals surface area (Å²) in [5, 5.41) is 5.42. The van der Waals surface area contributed by atoms with E-state index in [-0.39, 0.29) is 52.9 Å². The highest BCUT2D eigenvalue weighted by molar-refractivity contribution is 6.32. The van der Waals surface area contributed by atoms with Crippen LogP contribution >= 0.6 is 11.6 Å². The van der Waals surface area contributed by atoms with E-state index in [0.717, 1.165) is 11.4 Å². The lowest BCUT2D eigenvalue weighted by Gasteiger charge is -2.14. The second-order valence-corrected chi connectivity index (χ2v) is 8.59. The van der Waals surface area contributed by atoms with Crippen molar-refractivity contribution in [3.8, 4) is 11.5 Å². The van der Waals surface area contributed by atoms with E-state index < -0.39 is 0 Å². The fourth-order valence-corrected chi connectivity index (χ4v) is 5.14. The van der Waals surface area contributed by atoms with Crippen LogP contribution < -0.4 is 9.47 Å². The second-order valence-electron chi connectivity index (χ2n) is 8.19. The zero-order valence-electron chi connectivity index (χ0n) is 17.2. The Morgan fingerprint density at radius 1 is 1.16 bits per heavy atom. The number of carbonyl (C=O) groups excluding carboxylic acids is 2.